The zero-order chi connectivity index (χ0) is 14.5. The molecule has 0 spiro atoms. The molecular weight excluding hydrogens is 278 g/mol. The van der Waals surface area contributed by atoms with Gasteiger partial charge in [0.1, 0.15) is 16.7 Å². The third kappa shape index (κ3) is 3.38. The van der Waals surface area contributed by atoms with Crippen molar-refractivity contribution in [3.05, 3.63) is 4.88 Å². The molecule has 1 atom stereocenters. The molecule has 8 heteroatoms. The van der Waals surface area contributed by atoms with E-state index in [9.17, 15) is 9.59 Å². The smallest absolute Gasteiger partial charge is 0.265 e. The minimum Gasteiger partial charge on any atom is -0.382 e. The van der Waals surface area contributed by atoms with Crippen molar-refractivity contribution in [1.29, 1.82) is 0 Å². The lowest BCUT2D eigenvalue weighted by Crippen LogP contribution is -2.50. The highest BCUT2D eigenvalue weighted by molar-refractivity contribution is 7.18. The maximum atomic E-state index is 12.1. The van der Waals surface area contributed by atoms with Gasteiger partial charge in [-0.25, -0.2) is 4.98 Å². The highest BCUT2D eigenvalue weighted by atomic mass is 32.1. The molecule has 1 aliphatic rings. The summed E-state index contributed by atoms with van der Waals surface area (Å²) >= 11 is 1.21. The Morgan fingerprint density at radius 2 is 2.40 bits per heavy atom. The normalized spacial score (nSPS) is 18.4. The number of hydrogen-bond donors (Lipinski definition) is 4. The van der Waals surface area contributed by atoms with Gasteiger partial charge in [-0.1, -0.05) is 18.3 Å². The molecule has 7 nitrogen and oxygen atoms in total. The summed E-state index contributed by atoms with van der Waals surface area (Å²) in [7, 11) is 0. The summed E-state index contributed by atoms with van der Waals surface area (Å²) in [6.07, 6.45) is 2.47. The van der Waals surface area contributed by atoms with Gasteiger partial charge in [0.05, 0.1) is 0 Å². The number of rotatable bonds is 5. The quantitative estimate of drug-likeness (QED) is 0.635. The lowest BCUT2D eigenvalue weighted by atomic mass is 10.1. The molecule has 0 aliphatic carbocycles. The van der Waals surface area contributed by atoms with Crippen molar-refractivity contribution in [2.45, 2.75) is 32.2 Å². The number of nitrogens with one attached hydrogen (secondary N) is 3. The molecule has 0 saturated carbocycles. The molecule has 2 rings (SSSR count). The minimum absolute atomic E-state index is 0.142. The largest absolute Gasteiger partial charge is 0.382 e. The topological polar surface area (TPSA) is 109 Å². The zero-order valence-electron chi connectivity index (χ0n) is 11.4. The van der Waals surface area contributed by atoms with E-state index in [2.05, 4.69) is 20.9 Å². The summed E-state index contributed by atoms with van der Waals surface area (Å²) in [6.45, 7) is 3.48. The summed E-state index contributed by atoms with van der Waals surface area (Å²) in [5.74, 6) is -0.286. The highest BCUT2D eigenvalue weighted by Crippen LogP contribution is 2.25. The molecule has 2 heterocycles. The van der Waals surface area contributed by atoms with Crippen LogP contribution < -0.4 is 21.7 Å². The Balaban J connectivity index is 2.01. The van der Waals surface area contributed by atoms with E-state index < -0.39 is 6.04 Å². The Bertz CT molecular complexity index is 502. The number of nitrogens with two attached hydrogens (primary N) is 1. The van der Waals surface area contributed by atoms with E-state index in [1.165, 1.54) is 11.3 Å². The third-order valence-electron chi connectivity index (χ3n) is 2.98. The summed E-state index contributed by atoms with van der Waals surface area (Å²) in [6, 6.07) is -0.482. The Labute approximate surface area is 121 Å². The lowest BCUT2D eigenvalue weighted by molar-refractivity contribution is -0.124. The minimum atomic E-state index is -0.482. The Morgan fingerprint density at radius 1 is 1.60 bits per heavy atom. The Kier molecular flexibility index (Phi) is 4.78. The van der Waals surface area contributed by atoms with Crippen molar-refractivity contribution in [3.8, 4) is 0 Å². The van der Waals surface area contributed by atoms with E-state index in [0.29, 0.717) is 23.0 Å². The molecule has 0 bridgehead atoms. The van der Waals surface area contributed by atoms with Gasteiger partial charge >= 0.3 is 0 Å². The molecule has 1 saturated heterocycles. The van der Waals surface area contributed by atoms with Crippen LogP contribution in [0.1, 0.15) is 35.9 Å². The van der Waals surface area contributed by atoms with E-state index in [4.69, 9.17) is 5.73 Å². The van der Waals surface area contributed by atoms with Gasteiger partial charge in [-0.15, -0.1) is 0 Å². The van der Waals surface area contributed by atoms with Gasteiger partial charge in [-0.2, -0.15) is 0 Å². The fourth-order valence-corrected chi connectivity index (χ4v) is 2.75. The van der Waals surface area contributed by atoms with Gasteiger partial charge in [0, 0.05) is 13.1 Å². The summed E-state index contributed by atoms with van der Waals surface area (Å²) in [4.78, 5) is 28.2. The molecule has 110 valence electrons. The van der Waals surface area contributed by atoms with Crippen molar-refractivity contribution < 1.29 is 9.59 Å². The number of amides is 2. The molecule has 1 aromatic heterocycles. The van der Waals surface area contributed by atoms with Gasteiger partial charge in [-0.3, -0.25) is 9.59 Å². The van der Waals surface area contributed by atoms with Crippen LogP contribution in [-0.2, 0) is 4.79 Å². The van der Waals surface area contributed by atoms with Gasteiger partial charge in [0.25, 0.3) is 5.91 Å². The van der Waals surface area contributed by atoms with Crippen LogP contribution in [0.15, 0.2) is 0 Å². The first-order valence-corrected chi connectivity index (χ1v) is 7.52. The number of aromatic nitrogens is 1. The number of nitrogens with zero attached hydrogens (tertiary/aromatic N) is 1. The van der Waals surface area contributed by atoms with Crippen molar-refractivity contribution in [3.63, 3.8) is 0 Å². The van der Waals surface area contributed by atoms with E-state index >= 15 is 0 Å². The second-order valence-corrected chi connectivity index (χ2v) is 5.62. The number of anilines is 2. The van der Waals surface area contributed by atoms with Gasteiger partial charge < -0.3 is 21.7 Å². The van der Waals surface area contributed by atoms with Crippen LogP contribution in [-0.4, -0.2) is 35.9 Å². The number of hydrogen-bond acceptors (Lipinski definition) is 6. The van der Waals surface area contributed by atoms with Crippen LogP contribution in [0.3, 0.4) is 0 Å². The number of carbonyl (C=O) groups is 2. The van der Waals surface area contributed by atoms with E-state index in [1.807, 2.05) is 6.92 Å². The number of carbonyl (C=O) groups excluding carboxylic acids is 2. The third-order valence-corrected chi connectivity index (χ3v) is 4.00. The van der Waals surface area contributed by atoms with Crippen molar-refractivity contribution in [2.75, 3.05) is 24.1 Å². The molecule has 0 aromatic carbocycles. The lowest BCUT2D eigenvalue weighted by Gasteiger charge is -2.22. The van der Waals surface area contributed by atoms with Crippen LogP contribution in [0, 0.1) is 0 Å². The average molecular weight is 297 g/mol. The fraction of sp³-hybridized carbons (Fsp3) is 0.583. The predicted molar refractivity (Wildman–Crippen MR) is 78.8 cm³/mol. The summed E-state index contributed by atoms with van der Waals surface area (Å²) in [5.41, 5.74) is 5.75. The van der Waals surface area contributed by atoms with E-state index in [1.54, 1.807) is 0 Å². The van der Waals surface area contributed by atoms with E-state index in [-0.39, 0.29) is 17.6 Å². The highest BCUT2D eigenvalue weighted by Gasteiger charge is 2.26. The predicted octanol–water partition coefficient (Wildman–Crippen LogP) is 0.556. The summed E-state index contributed by atoms with van der Waals surface area (Å²) in [5, 5.41) is 9.15. The Hall–Kier alpha value is -1.83. The molecule has 2 amide bonds. The first kappa shape index (κ1) is 14.6. The molecule has 1 unspecified atom stereocenters. The number of thiazole rings is 1. The van der Waals surface area contributed by atoms with Crippen LogP contribution in [0.5, 0.6) is 0 Å². The molecule has 0 radical (unpaired) electrons. The van der Waals surface area contributed by atoms with Crippen molar-refractivity contribution in [2.24, 2.45) is 0 Å². The standard InChI is InChI=1S/C12H19N5O2S/c1-2-5-15-12-17-9(13)8(20-12)11(19)16-7-4-3-6-14-10(7)18/h7H,2-6,13H2,1H3,(H,14,18)(H,15,17)(H,16,19). The van der Waals surface area contributed by atoms with Gasteiger partial charge in [0.2, 0.25) is 5.91 Å². The molecule has 5 N–H and O–H groups in total. The van der Waals surface area contributed by atoms with Crippen LogP contribution in [0.25, 0.3) is 0 Å². The molecule has 1 aliphatic heterocycles. The summed E-state index contributed by atoms with van der Waals surface area (Å²) < 4.78 is 0. The SMILES string of the molecule is CCCNc1nc(N)c(C(=O)NC2CCCNC2=O)s1. The van der Waals surface area contributed by atoms with Crippen molar-refractivity contribution in [1.82, 2.24) is 15.6 Å². The monoisotopic (exact) mass is 297 g/mol. The van der Waals surface area contributed by atoms with Gasteiger partial charge in [-0.05, 0) is 19.3 Å². The second-order valence-electron chi connectivity index (χ2n) is 4.62. The average Bonchev–Trinajstić information content (AvgIpc) is 2.80. The van der Waals surface area contributed by atoms with Crippen LogP contribution in [0.2, 0.25) is 0 Å². The fourth-order valence-electron chi connectivity index (χ4n) is 1.94. The van der Waals surface area contributed by atoms with Crippen molar-refractivity contribution >= 4 is 34.1 Å². The second kappa shape index (κ2) is 6.56. The molecule has 1 fully saturated rings. The molecule has 1 aromatic rings. The van der Waals surface area contributed by atoms with Crippen LogP contribution in [0.4, 0.5) is 10.9 Å². The number of nitrogen functional groups attached to an aromatic ring is 1. The van der Waals surface area contributed by atoms with Gasteiger partial charge in [0.15, 0.2) is 5.13 Å². The maximum Gasteiger partial charge on any atom is 0.265 e. The number of piperidine rings is 1. The first-order chi connectivity index (χ1) is 9.61. The maximum absolute atomic E-state index is 12.1. The Morgan fingerprint density at radius 3 is 3.10 bits per heavy atom. The molecule has 20 heavy (non-hydrogen) atoms. The molecular formula is C12H19N5O2S. The van der Waals surface area contributed by atoms with E-state index in [0.717, 1.165) is 19.4 Å². The zero-order valence-corrected chi connectivity index (χ0v) is 12.2. The van der Waals surface area contributed by atoms with Crippen LogP contribution >= 0.6 is 11.3 Å². The first-order valence-electron chi connectivity index (χ1n) is 6.70.